The van der Waals surface area contributed by atoms with Crippen LogP contribution in [-0.4, -0.2) is 39.3 Å². The van der Waals surface area contributed by atoms with E-state index in [-0.39, 0.29) is 5.91 Å². The number of hydrogen-bond donors (Lipinski definition) is 1. The Morgan fingerprint density at radius 2 is 1.52 bits per heavy atom. The zero-order valence-electron chi connectivity index (χ0n) is 16.9. The van der Waals surface area contributed by atoms with Gasteiger partial charge < -0.3 is 24.3 Å². The number of rotatable bonds is 9. The lowest BCUT2D eigenvalue weighted by atomic mass is 10.2. The number of carbonyl (C=O) groups excluding carboxylic acids is 2. The highest BCUT2D eigenvalue weighted by Crippen LogP contribution is 2.23. The number of carbonyl (C=O) groups is 2. The van der Waals surface area contributed by atoms with Crippen molar-refractivity contribution in [2.24, 2.45) is 0 Å². The first-order chi connectivity index (χ1) is 13.9. The molecule has 0 unspecified atom stereocenters. The molecule has 0 aliphatic carbocycles. The third-order valence-electron chi connectivity index (χ3n) is 4.07. The van der Waals surface area contributed by atoms with E-state index in [0.29, 0.717) is 23.6 Å². The number of ether oxygens (including phenoxy) is 4. The van der Waals surface area contributed by atoms with Gasteiger partial charge in [-0.05, 0) is 48.4 Å². The van der Waals surface area contributed by atoms with Crippen molar-refractivity contribution < 1.29 is 28.5 Å². The van der Waals surface area contributed by atoms with Gasteiger partial charge in [-0.25, -0.2) is 4.79 Å². The van der Waals surface area contributed by atoms with Crippen molar-refractivity contribution in [1.29, 1.82) is 0 Å². The molecule has 0 saturated heterocycles. The van der Waals surface area contributed by atoms with Crippen LogP contribution in [0.25, 0.3) is 6.08 Å². The van der Waals surface area contributed by atoms with E-state index in [9.17, 15) is 9.59 Å². The Labute approximate surface area is 170 Å². The van der Waals surface area contributed by atoms with Gasteiger partial charge in [0.25, 0.3) is 5.91 Å². The summed E-state index contributed by atoms with van der Waals surface area (Å²) in [5.41, 5.74) is 1.61. The summed E-state index contributed by atoms with van der Waals surface area (Å²) in [5, 5.41) is 2.73. The Hall–Kier alpha value is -3.48. The number of amides is 1. The molecule has 29 heavy (non-hydrogen) atoms. The van der Waals surface area contributed by atoms with E-state index in [1.165, 1.54) is 13.0 Å². The predicted octanol–water partition coefficient (Wildman–Crippen LogP) is 2.97. The highest BCUT2D eigenvalue weighted by Gasteiger charge is 2.16. The molecule has 2 aromatic carbocycles. The average molecular weight is 399 g/mol. The van der Waals surface area contributed by atoms with E-state index in [1.54, 1.807) is 45.6 Å². The first-order valence-electron chi connectivity index (χ1n) is 8.97. The molecular weight excluding hydrogens is 374 g/mol. The lowest BCUT2D eigenvalue weighted by molar-refractivity contribution is -0.150. The van der Waals surface area contributed by atoms with Crippen molar-refractivity contribution in [3.63, 3.8) is 0 Å². The summed E-state index contributed by atoms with van der Waals surface area (Å²) in [6, 6.07) is 12.5. The summed E-state index contributed by atoms with van der Waals surface area (Å²) < 4.78 is 20.6. The summed E-state index contributed by atoms with van der Waals surface area (Å²) in [5.74, 6) is 0.930. The van der Waals surface area contributed by atoms with Gasteiger partial charge in [0.1, 0.15) is 17.2 Å². The molecule has 1 amide bonds. The molecule has 0 aliphatic heterocycles. The highest BCUT2D eigenvalue weighted by molar-refractivity contribution is 5.90. The molecule has 7 nitrogen and oxygen atoms in total. The SMILES string of the molecule is COc1ccc(CNC(=O)[C@H](C)OC(=O)/C=C/c2cc(OC)cc(OC)c2)cc1. The average Bonchev–Trinajstić information content (AvgIpc) is 2.75. The van der Waals surface area contributed by atoms with Crippen LogP contribution in [0.5, 0.6) is 17.2 Å². The number of esters is 1. The molecule has 2 aromatic rings. The van der Waals surface area contributed by atoms with Crippen LogP contribution in [0, 0.1) is 0 Å². The maximum Gasteiger partial charge on any atom is 0.331 e. The molecule has 0 heterocycles. The molecule has 0 bridgehead atoms. The minimum Gasteiger partial charge on any atom is -0.497 e. The summed E-state index contributed by atoms with van der Waals surface area (Å²) >= 11 is 0. The van der Waals surface area contributed by atoms with Crippen LogP contribution in [0.2, 0.25) is 0 Å². The second-order valence-electron chi connectivity index (χ2n) is 6.12. The van der Waals surface area contributed by atoms with E-state index >= 15 is 0 Å². The number of benzene rings is 2. The lowest BCUT2D eigenvalue weighted by Crippen LogP contribution is -2.35. The van der Waals surface area contributed by atoms with Crippen molar-refractivity contribution in [1.82, 2.24) is 5.32 Å². The molecule has 0 fully saturated rings. The second kappa shape index (κ2) is 10.8. The Bertz CT molecular complexity index is 838. The largest absolute Gasteiger partial charge is 0.497 e. The van der Waals surface area contributed by atoms with Gasteiger partial charge in [-0.3, -0.25) is 4.79 Å². The van der Waals surface area contributed by atoms with Crippen LogP contribution in [0.3, 0.4) is 0 Å². The monoisotopic (exact) mass is 399 g/mol. The van der Waals surface area contributed by atoms with Crippen LogP contribution >= 0.6 is 0 Å². The van der Waals surface area contributed by atoms with E-state index in [1.807, 2.05) is 24.3 Å². The van der Waals surface area contributed by atoms with Gasteiger partial charge in [-0.1, -0.05) is 12.1 Å². The molecule has 1 N–H and O–H groups in total. The van der Waals surface area contributed by atoms with Gasteiger partial charge in [-0.15, -0.1) is 0 Å². The van der Waals surface area contributed by atoms with Gasteiger partial charge in [0.2, 0.25) is 0 Å². The number of methoxy groups -OCH3 is 3. The molecular formula is C22H25NO6. The van der Waals surface area contributed by atoms with Gasteiger partial charge in [0.15, 0.2) is 6.10 Å². The number of hydrogen-bond acceptors (Lipinski definition) is 6. The fourth-order valence-electron chi connectivity index (χ4n) is 2.43. The molecule has 0 radical (unpaired) electrons. The Balaban J connectivity index is 1.87. The molecule has 0 aliphatic rings. The van der Waals surface area contributed by atoms with E-state index < -0.39 is 12.1 Å². The van der Waals surface area contributed by atoms with Crippen LogP contribution < -0.4 is 19.5 Å². The molecule has 2 rings (SSSR count). The van der Waals surface area contributed by atoms with Crippen LogP contribution in [0.1, 0.15) is 18.1 Å². The van der Waals surface area contributed by atoms with E-state index in [4.69, 9.17) is 18.9 Å². The van der Waals surface area contributed by atoms with Crippen molar-refractivity contribution >= 4 is 18.0 Å². The van der Waals surface area contributed by atoms with E-state index in [2.05, 4.69) is 5.32 Å². The van der Waals surface area contributed by atoms with Crippen molar-refractivity contribution in [2.75, 3.05) is 21.3 Å². The van der Waals surface area contributed by atoms with Crippen molar-refractivity contribution in [3.05, 3.63) is 59.7 Å². The molecule has 0 saturated carbocycles. The van der Waals surface area contributed by atoms with E-state index in [0.717, 1.165) is 11.3 Å². The second-order valence-corrected chi connectivity index (χ2v) is 6.12. The molecule has 7 heteroatoms. The van der Waals surface area contributed by atoms with Gasteiger partial charge in [-0.2, -0.15) is 0 Å². The van der Waals surface area contributed by atoms with Gasteiger partial charge in [0.05, 0.1) is 21.3 Å². The minimum atomic E-state index is -0.926. The first-order valence-corrected chi connectivity index (χ1v) is 8.97. The lowest BCUT2D eigenvalue weighted by Gasteiger charge is -2.12. The summed E-state index contributed by atoms with van der Waals surface area (Å²) in [6.45, 7) is 1.84. The van der Waals surface area contributed by atoms with Gasteiger partial charge in [0, 0.05) is 18.7 Å². The standard InChI is InChI=1S/C22H25NO6/c1-15(22(25)23-14-16-5-8-18(26-2)9-6-16)29-21(24)10-7-17-11-19(27-3)13-20(12-17)28-4/h5-13,15H,14H2,1-4H3,(H,23,25)/b10-7+/t15-/m0/s1. The third kappa shape index (κ3) is 6.88. The summed E-state index contributed by atoms with van der Waals surface area (Å²) in [6.07, 6.45) is 1.89. The zero-order valence-corrected chi connectivity index (χ0v) is 16.9. The highest BCUT2D eigenvalue weighted by atomic mass is 16.5. The minimum absolute atomic E-state index is 0.324. The Morgan fingerprint density at radius 3 is 2.07 bits per heavy atom. The maximum atomic E-state index is 12.1. The predicted molar refractivity (Wildman–Crippen MR) is 109 cm³/mol. The number of nitrogens with one attached hydrogen (secondary N) is 1. The van der Waals surface area contributed by atoms with Crippen LogP contribution in [-0.2, 0) is 20.9 Å². The molecule has 154 valence electrons. The Morgan fingerprint density at radius 1 is 0.931 bits per heavy atom. The van der Waals surface area contributed by atoms with Crippen LogP contribution in [0.15, 0.2) is 48.5 Å². The third-order valence-corrected chi connectivity index (χ3v) is 4.07. The summed E-state index contributed by atoms with van der Waals surface area (Å²) in [7, 11) is 4.68. The molecule has 0 aromatic heterocycles. The normalized spacial score (nSPS) is 11.6. The fraction of sp³-hybridized carbons (Fsp3) is 0.273. The van der Waals surface area contributed by atoms with Gasteiger partial charge >= 0.3 is 5.97 Å². The Kier molecular flexibility index (Phi) is 8.09. The summed E-state index contributed by atoms with van der Waals surface area (Å²) in [4.78, 5) is 24.2. The smallest absolute Gasteiger partial charge is 0.331 e. The van der Waals surface area contributed by atoms with Crippen molar-refractivity contribution in [3.8, 4) is 17.2 Å². The first kappa shape index (κ1) is 21.8. The maximum absolute atomic E-state index is 12.1. The molecule has 0 spiro atoms. The fourth-order valence-corrected chi connectivity index (χ4v) is 2.43. The van der Waals surface area contributed by atoms with Crippen LogP contribution in [0.4, 0.5) is 0 Å². The quantitative estimate of drug-likeness (QED) is 0.516. The van der Waals surface area contributed by atoms with Crippen molar-refractivity contribution in [2.45, 2.75) is 19.6 Å². The molecule has 1 atom stereocenters. The zero-order chi connectivity index (χ0) is 21.2. The topological polar surface area (TPSA) is 83.1 Å².